The van der Waals surface area contributed by atoms with Gasteiger partial charge in [-0.1, -0.05) is 24.6 Å². The lowest BCUT2D eigenvalue weighted by atomic mass is 10.1. The maximum Gasteiger partial charge on any atom is 0.221 e. The third-order valence-electron chi connectivity index (χ3n) is 3.48. The maximum absolute atomic E-state index is 11.4. The van der Waals surface area contributed by atoms with Crippen LogP contribution >= 0.6 is 11.6 Å². The Morgan fingerprint density at radius 3 is 3.05 bits per heavy atom. The number of hydrogen-bond acceptors (Lipinski definition) is 3. The largest absolute Gasteiger partial charge is 0.369 e. The van der Waals surface area contributed by atoms with Crippen LogP contribution in [0.3, 0.4) is 0 Å². The second-order valence-corrected chi connectivity index (χ2v) is 5.41. The van der Waals surface area contributed by atoms with Crippen LogP contribution in [0.25, 0.3) is 0 Å². The minimum atomic E-state index is 0.125. The Morgan fingerprint density at radius 1 is 1.40 bits per heavy atom. The number of rotatable bonds is 5. The first kappa shape index (κ1) is 15.1. The summed E-state index contributed by atoms with van der Waals surface area (Å²) in [5.74, 6) is 0.125. The van der Waals surface area contributed by atoms with Crippen LogP contribution in [0.1, 0.15) is 25.3 Å². The molecule has 2 rings (SSSR count). The number of halogens is 1. The van der Waals surface area contributed by atoms with E-state index in [0.717, 1.165) is 48.9 Å². The van der Waals surface area contributed by atoms with Crippen LogP contribution in [-0.2, 0) is 11.3 Å². The van der Waals surface area contributed by atoms with E-state index in [0.29, 0.717) is 13.0 Å². The Hall–Kier alpha value is -1.26. The molecular formula is C15H22ClN3O. The zero-order chi connectivity index (χ0) is 14.4. The van der Waals surface area contributed by atoms with Gasteiger partial charge in [0.2, 0.25) is 5.91 Å². The Kier molecular flexibility index (Phi) is 5.68. The Bertz CT molecular complexity index is 464. The first-order chi connectivity index (χ1) is 9.72. The molecular weight excluding hydrogens is 274 g/mol. The third kappa shape index (κ3) is 3.87. The van der Waals surface area contributed by atoms with Crippen molar-refractivity contribution in [2.45, 2.75) is 26.3 Å². The van der Waals surface area contributed by atoms with E-state index in [4.69, 9.17) is 11.6 Å². The first-order valence-electron chi connectivity index (χ1n) is 7.22. The van der Waals surface area contributed by atoms with Crippen molar-refractivity contribution in [3.05, 3.63) is 28.8 Å². The van der Waals surface area contributed by atoms with Crippen LogP contribution in [0.5, 0.6) is 0 Å². The zero-order valence-electron chi connectivity index (χ0n) is 11.9. The van der Waals surface area contributed by atoms with E-state index in [1.807, 2.05) is 12.1 Å². The highest BCUT2D eigenvalue weighted by molar-refractivity contribution is 6.31. The number of carbonyl (C=O) groups is 1. The number of benzene rings is 1. The fourth-order valence-electron chi connectivity index (χ4n) is 2.42. The predicted octanol–water partition coefficient (Wildman–Crippen LogP) is 2.17. The van der Waals surface area contributed by atoms with Crippen LogP contribution in [0.2, 0.25) is 5.02 Å². The highest BCUT2D eigenvalue weighted by Gasteiger charge is 2.17. The summed E-state index contributed by atoms with van der Waals surface area (Å²) in [6.07, 6.45) is 1.64. The second-order valence-electron chi connectivity index (χ2n) is 5.00. The highest BCUT2D eigenvalue weighted by Crippen LogP contribution is 2.28. The fraction of sp³-hybridized carbons (Fsp3) is 0.533. The van der Waals surface area contributed by atoms with Crippen LogP contribution in [0, 0.1) is 0 Å². The van der Waals surface area contributed by atoms with Crippen molar-refractivity contribution in [3.8, 4) is 0 Å². The lowest BCUT2D eigenvalue weighted by Gasteiger charge is -2.25. The lowest BCUT2D eigenvalue weighted by molar-refractivity contribution is -0.120. The molecule has 0 radical (unpaired) electrons. The van der Waals surface area contributed by atoms with Crippen molar-refractivity contribution >= 4 is 23.2 Å². The van der Waals surface area contributed by atoms with Crippen molar-refractivity contribution in [2.75, 3.05) is 31.1 Å². The highest BCUT2D eigenvalue weighted by atomic mass is 35.5. The Labute approximate surface area is 125 Å². The normalized spacial score (nSPS) is 15.9. The van der Waals surface area contributed by atoms with Crippen molar-refractivity contribution in [3.63, 3.8) is 0 Å². The van der Waals surface area contributed by atoms with Gasteiger partial charge in [-0.15, -0.1) is 0 Å². The van der Waals surface area contributed by atoms with E-state index in [-0.39, 0.29) is 5.91 Å². The topological polar surface area (TPSA) is 44.4 Å². The molecule has 0 spiro atoms. The average molecular weight is 296 g/mol. The minimum Gasteiger partial charge on any atom is -0.369 e. The number of nitrogens with zero attached hydrogens (tertiary/aromatic N) is 1. The van der Waals surface area contributed by atoms with E-state index < -0.39 is 0 Å². The maximum atomic E-state index is 11.4. The first-order valence-corrected chi connectivity index (χ1v) is 7.60. The molecule has 1 aromatic carbocycles. The molecule has 0 bridgehead atoms. The monoisotopic (exact) mass is 295 g/mol. The van der Waals surface area contributed by atoms with Gasteiger partial charge in [-0.05, 0) is 25.1 Å². The van der Waals surface area contributed by atoms with Crippen molar-refractivity contribution < 1.29 is 4.79 Å². The van der Waals surface area contributed by atoms with Crippen LogP contribution in [0.4, 0.5) is 5.69 Å². The molecule has 20 heavy (non-hydrogen) atoms. The predicted molar refractivity (Wildman–Crippen MR) is 83.3 cm³/mol. The molecule has 2 N–H and O–H groups in total. The molecule has 1 saturated heterocycles. The molecule has 1 aliphatic heterocycles. The fourth-order valence-corrected chi connectivity index (χ4v) is 2.65. The summed E-state index contributed by atoms with van der Waals surface area (Å²) in [7, 11) is 0. The summed E-state index contributed by atoms with van der Waals surface area (Å²) in [6, 6.07) is 5.99. The standard InChI is InChI=1S/C15H22ClN3O/c1-2-7-17-11-12-13(16)4-3-5-14(12)19-9-6-15(20)18-8-10-19/h3-5,17H,2,6-11H2,1H3,(H,18,20). The van der Waals surface area contributed by atoms with E-state index in [2.05, 4.69) is 28.5 Å². The molecule has 4 nitrogen and oxygen atoms in total. The van der Waals surface area contributed by atoms with Crippen molar-refractivity contribution in [1.29, 1.82) is 0 Å². The van der Waals surface area contributed by atoms with Gasteiger partial charge >= 0.3 is 0 Å². The van der Waals surface area contributed by atoms with Crippen LogP contribution < -0.4 is 15.5 Å². The molecule has 5 heteroatoms. The Morgan fingerprint density at radius 2 is 2.25 bits per heavy atom. The van der Waals surface area contributed by atoms with Crippen LogP contribution in [0.15, 0.2) is 18.2 Å². The summed E-state index contributed by atoms with van der Waals surface area (Å²) in [6.45, 7) is 6.14. The SMILES string of the molecule is CCCNCc1c(Cl)cccc1N1CCNC(=O)CC1. The second kappa shape index (κ2) is 7.50. The quantitative estimate of drug-likeness (QED) is 0.818. The minimum absolute atomic E-state index is 0.125. The molecule has 0 saturated carbocycles. The van der Waals surface area contributed by atoms with Crippen molar-refractivity contribution in [2.24, 2.45) is 0 Å². The van der Waals surface area contributed by atoms with Crippen molar-refractivity contribution in [1.82, 2.24) is 10.6 Å². The van der Waals surface area contributed by atoms with Gasteiger partial charge in [0.15, 0.2) is 0 Å². The van der Waals surface area contributed by atoms with Gasteiger partial charge in [0.25, 0.3) is 0 Å². The van der Waals surface area contributed by atoms with Gasteiger partial charge in [0.1, 0.15) is 0 Å². The number of carbonyl (C=O) groups excluding carboxylic acids is 1. The van der Waals surface area contributed by atoms with E-state index in [1.54, 1.807) is 0 Å². The van der Waals surface area contributed by atoms with E-state index >= 15 is 0 Å². The summed E-state index contributed by atoms with van der Waals surface area (Å²) in [5, 5.41) is 7.09. The summed E-state index contributed by atoms with van der Waals surface area (Å²) < 4.78 is 0. The van der Waals surface area contributed by atoms with Gasteiger partial charge < -0.3 is 15.5 Å². The lowest BCUT2D eigenvalue weighted by Crippen LogP contribution is -2.29. The van der Waals surface area contributed by atoms with Gasteiger partial charge in [-0.2, -0.15) is 0 Å². The summed E-state index contributed by atoms with van der Waals surface area (Å²) >= 11 is 6.35. The molecule has 110 valence electrons. The molecule has 1 heterocycles. The number of amides is 1. The van der Waals surface area contributed by atoms with Gasteiger partial charge in [0.05, 0.1) is 0 Å². The molecule has 1 fully saturated rings. The molecule has 0 atom stereocenters. The van der Waals surface area contributed by atoms with E-state index in [9.17, 15) is 4.79 Å². The molecule has 0 unspecified atom stereocenters. The number of anilines is 1. The van der Waals surface area contributed by atoms with Gasteiger partial charge in [-0.3, -0.25) is 4.79 Å². The number of hydrogen-bond donors (Lipinski definition) is 2. The smallest absolute Gasteiger partial charge is 0.221 e. The van der Waals surface area contributed by atoms with Crippen LogP contribution in [-0.4, -0.2) is 32.1 Å². The van der Waals surface area contributed by atoms with E-state index in [1.165, 1.54) is 0 Å². The molecule has 1 aliphatic rings. The molecule has 0 aliphatic carbocycles. The van der Waals surface area contributed by atoms with Gasteiger partial charge in [0, 0.05) is 48.9 Å². The van der Waals surface area contributed by atoms with Gasteiger partial charge in [-0.25, -0.2) is 0 Å². The Balaban J connectivity index is 2.16. The summed E-state index contributed by atoms with van der Waals surface area (Å²) in [4.78, 5) is 13.7. The number of nitrogens with one attached hydrogen (secondary N) is 2. The third-order valence-corrected chi connectivity index (χ3v) is 3.83. The zero-order valence-corrected chi connectivity index (χ0v) is 12.7. The molecule has 1 amide bonds. The molecule has 1 aromatic rings. The summed E-state index contributed by atoms with van der Waals surface area (Å²) in [5.41, 5.74) is 2.26. The average Bonchev–Trinajstić information content (AvgIpc) is 2.65. The molecule has 0 aromatic heterocycles.